The monoisotopic (exact) mass is 298 g/mol. The second-order valence-corrected chi connectivity index (χ2v) is 6.23. The molecular formula is C13H18N2O4S. The quantitative estimate of drug-likeness (QED) is 0.657. The lowest BCUT2D eigenvalue weighted by Gasteiger charge is -2.31. The summed E-state index contributed by atoms with van der Waals surface area (Å²) >= 11 is 0. The van der Waals surface area contributed by atoms with E-state index >= 15 is 0 Å². The van der Waals surface area contributed by atoms with Gasteiger partial charge >= 0.3 is 0 Å². The van der Waals surface area contributed by atoms with Gasteiger partial charge in [0.05, 0.1) is 27.6 Å². The number of nitrogens with zero attached hydrogens (tertiary/aromatic N) is 1. The van der Waals surface area contributed by atoms with Gasteiger partial charge in [0, 0.05) is 18.7 Å². The molecule has 6 nitrogen and oxygen atoms in total. The van der Waals surface area contributed by atoms with Crippen molar-refractivity contribution in [2.24, 2.45) is 0 Å². The van der Waals surface area contributed by atoms with Gasteiger partial charge in [-0.05, 0) is 19.0 Å². The van der Waals surface area contributed by atoms with Gasteiger partial charge in [0.1, 0.15) is 4.90 Å². The Hall–Kier alpha value is -1.31. The zero-order valence-corrected chi connectivity index (χ0v) is 12.1. The number of nitro benzene ring substituents is 1. The predicted octanol–water partition coefficient (Wildman–Crippen LogP) is 1.47. The van der Waals surface area contributed by atoms with E-state index in [4.69, 9.17) is 4.74 Å². The summed E-state index contributed by atoms with van der Waals surface area (Å²) in [7, 11) is -1.46. The van der Waals surface area contributed by atoms with Gasteiger partial charge in [-0.25, -0.2) is 0 Å². The fourth-order valence-electron chi connectivity index (χ4n) is 2.36. The molecule has 0 aromatic heterocycles. The number of benzene rings is 1. The van der Waals surface area contributed by atoms with Crippen molar-refractivity contribution in [2.45, 2.75) is 29.5 Å². The molecule has 1 fully saturated rings. The molecule has 0 radical (unpaired) electrons. The number of hydrogen-bond donors (Lipinski definition) is 1. The number of nitrogens with one attached hydrogen (secondary N) is 1. The van der Waals surface area contributed by atoms with Crippen LogP contribution in [0.4, 0.5) is 5.69 Å². The van der Waals surface area contributed by atoms with Crippen LogP contribution in [0.25, 0.3) is 0 Å². The summed E-state index contributed by atoms with van der Waals surface area (Å²) in [5.74, 6) is 0. The van der Waals surface area contributed by atoms with E-state index in [1.165, 1.54) is 6.07 Å². The van der Waals surface area contributed by atoms with Gasteiger partial charge in [0.2, 0.25) is 0 Å². The Morgan fingerprint density at radius 3 is 2.95 bits per heavy atom. The molecule has 7 heteroatoms. The number of ether oxygens (including phenoxy) is 1. The minimum absolute atomic E-state index is 0.0643. The van der Waals surface area contributed by atoms with Crippen molar-refractivity contribution >= 4 is 16.5 Å². The maximum absolute atomic E-state index is 12.7. The lowest BCUT2D eigenvalue weighted by Crippen LogP contribution is -2.48. The van der Waals surface area contributed by atoms with Crippen LogP contribution in [0.2, 0.25) is 0 Å². The molecular weight excluding hydrogens is 280 g/mol. The van der Waals surface area contributed by atoms with Crippen LogP contribution in [0, 0.1) is 10.1 Å². The maximum Gasteiger partial charge on any atom is 0.285 e. The molecule has 110 valence electrons. The van der Waals surface area contributed by atoms with E-state index in [0.717, 1.165) is 13.0 Å². The highest BCUT2D eigenvalue weighted by Crippen LogP contribution is 2.26. The molecule has 2 rings (SSSR count). The normalized spacial score (nSPS) is 24.2. The number of hydrogen-bond acceptors (Lipinski definition) is 5. The van der Waals surface area contributed by atoms with Crippen molar-refractivity contribution < 1.29 is 13.9 Å². The lowest BCUT2D eigenvalue weighted by atomic mass is 10.1. The zero-order chi connectivity index (χ0) is 14.5. The first kappa shape index (κ1) is 15.1. The van der Waals surface area contributed by atoms with E-state index in [2.05, 4.69) is 5.32 Å². The van der Waals surface area contributed by atoms with Crippen molar-refractivity contribution in [3.05, 3.63) is 34.4 Å². The zero-order valence-electron chi connectivity index (χ0n) is 11.3. The van der Waals surface area contributed by atoms with Crippen molar-refractivity contribution in [3.63, 3.8) is 0 Å². The standard InChI is InChI=1S/C13H18N2O4S/c1-2-14-10-7-8-19-9-13(10)20(18)12-6-4-3-5-11(12)15(16)17/h3-6,10,13-14H,2,7-9H2,1H3. The van der Waals surface area contributed by atoms with Gasteiger partial charge in [0.25, 0.3) is 5.69 Å². The summed E-state index contributed by atoms with van der Waals surface area (Å²) < 4.78 is 18.1. The number of nitro groups is 1. The van der Waals surface area contributed by atoms with E-state index < -0.39 is 15.7 Å². The first-order valence-electron chi connectivity index (χ1n) is 6.60. The van der Waals surface area contributed by atoms with Crippen LogP contribution in [0.5, 0.6) is 0 Å². The average molecular weight is 298 g/mol. The molecule has 1 N–H and O–H groups in total. The van der Waals surface area contributed by atoms with Crippen LogP contribution in [-0.4, -0.2) is 40.2 Å². The van der Waals surface area contributed by atoms with Crippen molar-refractivity contribution in [1.29, 1.82) is 0 Å². The molecule has 0 bridgehead atoms. The molecule has 0 saturated carbocycles. The Labute approximate surface area is 120 Å². The van der Waals surface area contributed by atoms with E-state index in [0.29, 0.717) is 13.2 Å². The molecule has 0 aliphatic carbocycles. The van der Waals surface area contributed by atoms with Gasteiger partial charge in [0.15, 0.2) is 0 Å². The molecule has 1 aliphatic rings. The molecule has 1 heterocycles. The summed E-state index contributed by atoms with van der Waals surface area (Å²) in [4.78, 5) is 10.8. The first-order chi connectivity index (χ1) is 9.65. The molecule has 1 aromatic carbocycles. The molecule has 1 saturated heterocycles. The fourth-order valence-corrected chi connectivity index (χ4v) is 4.00. The molecule has 0 spiro atoms. The molecule has 1 aromatic rings. The SMILES string of the molecule is CCNC1CCOCC1S(=O)c1ccccc1[N+](=O)[O-]. The summed E-state index contributed by atoms with van der Waals surface area (Å²) in [6.07, 6.45) is 0.769. The van der Waals surface area contributed by atoms with Crippen LogP contribution >= 0.6 is 0 Å². The summed E-state index contributed by atoms with van der Waals surface area (Å²) in [6.45, 7) is 3.74. The molecule has 20 heavy (non-hydrogen) atoms. The van der Waals surface area contributed by atoms with Gasteiger partial charge < -0.3 is 10.1 Å². The topological polar surface area (TPSA) is 81.5 Å². The van der Waals surface area contributed by atoms with Crippen molar-refractivity contribution in [2.75, 3.05) is 19.8 Å². The largest absolute Gasteiger partial charge is 0.380 e. The summed E-state index contributed by atoms with van der Waals surface area (Å²) in [5, 5.41) is 14.1. The van der Waals surface area contributed by atoms with Gasteiger partial charge in [-0.15, -0.1) is 0 Å². The van der Waals surface area contributed by atoms with E-state index in [1.807, 2.05) is 6.92 Å². The summed E-state index contributed by atoms with van der Waals surface area (Å²) in [5.41, 5.74) is -0.0911. The lowest BCUT2D eigenvalue weighted by molar-refractivity contribution is -0.387. The Bertz CT molecular complexity index is 507. The van der Waals surface area contributed by atoms with Crippen LogP contribution in [0.15, 0.2) is 29.2 Å². The van der Waals surface area contributed by atoms with E-state index in [-0.39, 0.29) is 21.9 Å². The number of rotatable bonds is 5. The highest BCUT2D eigenvalue weighted by molar-refractivity contribution is 7.86. The maximum atomic E-state index is 12.7. The van der Waals surface area contributed by atoms with E-state index in [1.54, 1.807) is 18.2 Å². The van der Waals surface area contributed by atoms with E-state index in [9.17, 15) is 14.3 Å². The van der Waals surface area contributed by atoms with Crippen LogP contribution in [0.3, 0.4) is 0 Å². The third kappa shape index (κ3) is 3.23. The minimum Gasteiger partial charge on any atom is -0.380 e. The van der Waals surface area contributed by atoms with Crippen molar-refractivity contribution in [3.8, 4) is 0 Å². The van der Waals surface area contributed by atoms with Gasteiger partial charge in [-0.3, -0.25) is 14.3 Å². The average Bonchev–Trinajstić information content (AvgIpc) is 2.47. The molecule has 3 unspecified atom stereocenters. The summed E-state index contributed by atoms with van der Waals surface area (Å²) in [6, 6.07) is 6.27. The second-order valence-electron chi connectivity index (χ2n) is 4.59. The van der Waals surface area contributed by atoms with Gasteiger partial charge in [-0.1, -0.05) is 19.1 Å². The molecule has 3 atom stereocenters. The Morgan fingerprint density at radius 1 is 1.50 bits per heavy atom. The minimum atomic E-state index is -1.46. The Balaban J connectivity index is 2.27. The third-order valence-electron chi connectivity index (χ3n) is 3.32. The molecule has 1 aliphatic heterocycles. The second kappa shape index (κ2) is 6.92. The first-order valence-corrected chi connectivity index (χ1v) is 7.81. The number of para-hydroxylation sites is 1. The van der Waals surface area contributed by atoms with Gasteiger partial charge in [-0.2, -0.15) is 0 Å². The van der Waals surface area contributed by atoms with Crippen molar-refractivity contribution in [1.82, 2.24) is 5.32 Å². The Morgan fingerprint density at radius 2 is 2.25 bits per heavy atom. The van der Waals surface area contributed by atoms with Crippen LogP contribution in [0.1, 0.15) is 13.3 Å². The Kier molecular flexibility index (Phi) is 5.22. The highest BCUT2D eigenvalue weighted by Gasteiger charge is 2.33. The van der Waals surface area contributed by atoms with Crippen LogP contribution < -0.4 is 5.32 Å². The molecule has 0 amide bonds. The highest BCUT2D eigenvalue weighted by atomic mass is 32.2. The predicted molar refractivity (Wildman–Crippen MR) is 76.2 cm³/mol. The fraction of sp³-hybridized carbons (Fsp3) is 0.538. The van der Waals surface area contributed by atoms with Crippen LogP contribution in [-0.2, 0) is 15.5 Å². The smallest absolute Gasteiger partial charge is 0.285 e. The third-order valence-corrected chi connectivity index (χ3v) is 5.12.